The Morgan fingerprint density at radius 2 is 2.09 bits per heavy atom. The van der Waals surface area contributed by atoms with Crippen LogP contribution in [0.3, 0.4) is 0 Å². The molecular formula is C15H24N4O3S. The maximum absolute atomic E-state index is 12.5. The predicted octanol–water partition coefficient (Wildman–Crippen LogP) is 0.729. The summed E-state index contributed by atoms with van der Waals surface area (Å²) in [6.45, 7) is 5.78. The zero-order valence-electron chi connectivity index (χ0n) is 13.7. The van der Waals surface area contributed by atoms with Gasteiger partial charge in [-0.2, -0.15) is 5.10 Å². The van der Waals surface area contributed by atoms with Crippen LogP contribution in [-0.4, -0.2) is 66.6 Å². The van der Waals surface area contributed by atoms with Gasteiger partial charge < -0.3 is 9.80 Å². The van der Waals surface area contributed by atoms with Crippen molar-refractivity contribution in [2.24, 2.45) is 0 Å². The van der Waals surface area contributed by atoms with Crippen LogP contribution >= 0.6 is 0 Å². The van der Waals surface area contributed by atoms with Crippen molar-refractivity contribution in [2.45, 2.75) is 31.9 Å². The molecule has 0 aliphatic carbocycles. The summed E-state index contributed by atoms with van der Waals surface area (Å²) in [6, 6.07) is 3.72. The fourth-order valence-electron chi connectivity index (χ4n) is 2.70. The molecule has 7 nitrogen and oxygen atoms in total. The molecule has 1 aliphatic rings. The maximum atomic E-state index is 12.5. The molecule has 1 aliphatic heterocycles. The Morgan fingerprint density at radius 1 is 1.30 bits per heavy atom. The number of aromatic nitrogens is 2. The minimum absolute atomic E-state index is 0.0550. The second kappa shape index (κ2) is 7.72. The van der Waals surface area contributed by atoms with Crippen molar-refractivity contribution in [3.05, 3.63) is 18.3 Å². The fraction of sp³-hybridized carbons (Fsp3) is 0.667. The van der Waals surface area contributed by atoms with Crippen LogP contribution in [0.5, 0.6) is 0 Å². The number of nitrogens with zero attached hydrogens (tertiary/aromatic N) is 4. The van der Waals surface area contributed by atoms with Crippen LogP contribution < -0.4 is 4.90 Å². The van der Waals surface area contributed by atoms with Gasteiger partial charge in [-0.05, 0) is 31.9 Å². The van der Waals surface area contributed by atoms with E-state index < -0.39 is 15.1 Å². The second-order valence-corrected chi connectivity index (χ2v) is 8.20. The van der Waals surface area contributed by atoms with Gasteiger partial charge in [0.25, 0.3) is 0 Å². The third kappa shape index (κ3) is 4.40. The van der Waals surface area contributed by atoms with E-state index in [1.54, 1.807) is 18.0 Å². The van der Waals surface area contributed by atoms with E-state index in [4.69, 9.17) is 0 Å². The van der Waals surface area contributed by atoms with Gasteiger partial charge in [-0.25, -0.2) is 8.42 Å². The van der Waals surface area contributed by atoms with Gasteiger partial charge in [0, 0.05) is 32.4 Å². The van der Waals surface area contributed by atoms with Gasteiger partial charge in [0.15, 0.2) is 15.7 Å². The molecule has 1 saturated heterocycles. The summed E-state index contributed by atoms with van der Waals surface area (Å²) in [5.74, 6) is 0.548. The molecule has 0 aromatic carbocycles. The van der Waals surface area contributed by atoms with Crippen molar-refractivity contribution in [1.29, 1.82) is 0 Å². The summed E-state index contributed by atoms with van der Waals surface area (Å²) < 4.78 is 24.2. The number of carbonyl (C=O) groups is 1. The Labute approximate surface area is 137 Å². The van der Waals surface area contributed by atoms with Crippen LogP contribution in [0.4, 0.5) is 5.82 Å². The van der Waals surface area contributed by atoms with Gasteiger partial charge in [0.2, 0.25) is 5.91 Å². The molecule has 8 heteroatoms. The van der Waals surface area contributed by atoms with E-state index in [0.717, 1.165) is 18.8 Å². The molecule has 23 heavy (non-hydrogen) atoms. The lowest BCUT2D eigenvalue weighted by Crippen LogP contribution is -2.44. The molecule has 128 valence electrons. The highest BCUT2D eigenvalue weighted by atomic mass is 32.2. The molecule has 0 unspecified atom stereocenters. The Bertz CT molecular complexity index is 621. The normalized spacial score (nSPS) is 17.7. The third-order valence-corrected chi connectivity index (χ3v) is 6.32. The monoisotopic (exact) mass is 340 g/mol. The number of rotatable bonds is 5. The molecule has 0 bridgehead atoms. The number of amides is 1. The van der Waals surface area contributed by atoms with E-state index in [1.165, 1.54) is 6.92 Å². The summed E-state index contributed by atoms with van der Waals surface area (Å²) in [7, 11) is -3.36. The molecular weight excluding hydrogens is 316 g/mol. The molecule has 2 heterocycles. The first-order valence-electron chi connectivity index (χ1n) is 7.98. The van der Waals surface area contributed by atoms with Gasteiger partial charge in [-0.15, -0.1) is 5.10 Å². The van der Waals surface area contributed by atoms with Crippen molar-refractivity contribution in [2.75, 3.05) is 36.8 Å². The highest BCUT2D eigenvalue weighted by Crippen LogP contribution is 2.14. The van der Waals surface area contributed by atoms with Gasteiger partial charge in [0.05, 0.1) is 5.75 Å². The highest BCUT2D eigenvalue weighted by molar-refractivity contribution is 7.92. The van der Waals surface area contributed by atoms with Crippen LogP contribution in [0.25, 0.3) is 0 Å². The molecule has 0 N–H and O–H groups in total. The Hall–Kier alpha value is -1.70. The molecule has 0 spiro atoms. The molecule has 1 atom stereocenters. The second-order valence-electron chi connectivity index (χ2n) is 5.76. The molecule has 0 saturated carbocycles. The van der Waals surface area contributed by atoms with E-state index in [0.29, 0.717) is 26.1 Å². The third-order valence-electron chi connectivity index (χ3n) is 4.06. The average molecular weight is 340 g/mol. The number of hydrogen-bond acceptors (Lipinski definition) is 6. The maximum Gasteiger partial charge on any atom is 0.240 e. The first-order chi connectivity index (χ1) is 11.0. The van der Waals surface area contributed by atoms with Crippen molar-refractivity contribution in [3.8, 4) is 0 Å². The summed E-state index contributed by atoms with van der Waals surface area (Å²) in [5.41, 5.74) is 0. The fourth-order valence-corrected chi connectivity index (χ4v) is 4.08. The minimum atomic E-state index is -3.36. The van der Waals surface area contributed by atoms with Crippen LogP contribution in [-0.2, 0) is 14.6 Å². The molecule has 1 aromatic heterocycles. The minimum Gasteiger partial charge on any atom is -0.353 e. The van der Waals surface area contributed by atoms with Gasteiger partial charge in [-0.3, -0.25) is 4.79 Å². The SMILES string of the molecule is CCCS(=O)(=O)[C@H](C)C(=O)N1CCCN(c2cccnn2)CC1. The number of anilines is 1. The molecule has 2 rings (SSSR count). The highest BCUT2D eigenvalue weighted by Gasteiger charge is 2.31. The van der Waals surface area contributed by atoms with Gasteiger partial charge in [-0.1, -0.05) is 6.92 Å². The first kappa shape index (κ1) is 17.7. The zero-order chi connectivity index (χ0) is 16.9. The van der Waals surface area contributed by atoms with E-state index >= 15 is 0 Å². The summed E-state index contributed by atoms with van der Waals surface area (Å²) in [4.78, 5) is 16.3. The van der Waals surface area contributed by atoms with Crippen LogP contribution in [0.1, 0.15) is 26.7 Å². The van der Waals surface area contributed by atoms with Crippen LogP contribution in [0, 0.1) is 0 Å². The standard InChI is InChI=1S/C15H24N4O3S/c1-3-12-23(21,22)13(2)15(20)19-9-5-8-18(10-11-19)14-6-4-7-16-17-14/h4,6-7,13H,3,5,8-12H2,1-2H3/t13-/m1/s1. The molecule has 1 fully saturated rings. The Kier molecular flexibility index (Phi) is 5.92. The van der Waals surface area contributed by atoms with Crippen molar-refractivity contribution >= 4 is 21.6 Å². The van der Waals surface area contributed by atoms with Crippen molar-refractivity contribution in [3.63, 3.8) is 0 Å². The predicted molar refractivity (Wildman–Crippen MR) is 89.0 cm³/mol. The quantitative estimate of drug-likeness (QED) is 0.786. The summed E-state index contributed by atoms with van der Waals surface area (Å²) in [6.07, 6.45) is 2.93. The largest absolute Gasteiger partial charge is 0.353 e. The average Bonchev–Trinajstić information content (AvgIpc) is 2.80. The number of carbonyl (C=O) groups excluding carboxylic acids is 1. The first-order valence-corrected chi connectivity index (χ1v) is 9.70. The van der Waals surface area contributed by atoms with Gasteiger partial charge >= 0.3 is 0 Å². The molecule has 1 amide bonds. The van der Waals surface area contributed by atoms with E-state index in [-0.39, 0.29) is 11.7 Å². The van der Waals surface area contributed by atoms with Gasteiger partial charge in [0.1, 0.15) is 5.25 Å². The van der Waals surface area contributed by atoms with E-state index in [9.17, 15) is 13.2 Å². The topological polar surface area (TPSA) is 83.5 Å². The molecule has 1 aromatic rings. The van der Waals surface area contributed by atoms with E-state index in [1.807, 2.05) is 12.1 Å². The zero-order valence-corrected chi connectivity index (χ0v) is 14.5. The van der Waals surface area contributed by atoms with Crippen LogP contribution in [0.15, 0.2) is 18.3 Å². The number of sulfone groups is 1. The lowest BCUT2D eigenvalue weighted by Gasteiger charge is -2.24. The van der Waals surface area contributed by atoms with E-state index in [2.05, 4.69) is 15.1 Å². The smallest absolute Gasteiger partial charge is 0.240 e. The lowest BCUT2D eigenvalue weighted by atomic mass is 10.3. The Balaban J connectivity index is 2.01. The summed E-state index contributed by atoms with van der Waals surface area (Å²) in [5, 5.41) is 7.00. The van der Waals surface area contributed by atoms with Crippen LogP contribution in [0.2, 0.25) is 0 Å². The number of hydrogen-bond donors (Lipinski definition) is 0. The Morgan fingerprint density at radius 3 is 2.74 bits per heavy atom. The lowest BCUT2D eigenvalue weighted by molar-refractivity contribution is -0.130. The molecule has 0 radical (unpaired) electrons. The van der Waals surface area contributed by atoms with Crippen molar-refractivity contribution < 1.29 is 13.2 Å². The van der Waals surface area contributed by atoms with Crippen molar-refractivity contribution in [1.82, 2.24) is 15.1 Å². The summed E-state index contributed by atoms with van der Waals surface area (Å²) >= 11 is 0.